The van der Waals surface area contributed by atoms with Gasteiger partial charge in [0.25, 0.3) is 0 Å². The zero-order valence-corrected chi connectivity index (χ0v) is 12.7. The molecule has 0 bridgehead atoms. The van der Waals surface area contributed by atoms with Gasteiger partial charge in [-0.2, -0.15) is 0 Å². The van der Waals surface area contributed by atoms with Crippen molar-refractivity contribution < 1.29 is 14.6 Å². The van der Waals surface area contributed by atoms with Gasteiger partial charge in [-0.15, -0.1) is 0 Å². The first-order chi connectivity index (χ1) is 10.1. The van der Waals surface area contributed by atoms with Crippen LogP contribution in [0.4, 0.5) is 0 Å². The maximum absolute atomic E-state index is 12.0. The zero-order valence-electron chi connectivity index (χ0n) is 12.7. The van der Waals surface area contributed by atoms with Crippen molar-refractivity contribution >= 4 is 5.91 Å². The minimum absolute atomic E-state index is 0.0284. The van der Waals surface area contributed by atoms with Crippen LogP contribution in [0.5, 0.6) is 5.75 Å². The number of aromatic hydroxyl groups is 1. The fourth-order valence-corrected chi connectivity index (χ4v) is 2.77. The van der Waals surface area contributed by atoms with Crippen LogP contribution in [0.2, 0.25) is 0 Å². The summed E-state index contributed by atoms with van der Waals surface area (Å²) in [5.74, 6) is 0.249. The number of aryl methyl sites for hydroxylation is 1. The number of carbonyl (C=O) groups excluding carboxylic acids is 1. The lowest BCUT2D eigenvalue weighted by atomic mass is 9.87. The number of phenols is 1. The molecule has 3 N–H and O–H groups in total. The van der Waals surface area contributed by atoms with Gasteiger partial charge in [-0.25, -0.2) is 0 Å². The largest absolute Gasteiger partial charge is 0.508 e. The van der Waals surface area contributed by atoms with E-state index in [0.717, 1.165) is 24.8 Å². The average molecular weight is 292 g/mol. The number of methoxy groups -OCH3 is 1. The average Bonchev–Trinajstić information content (AvgIpc) is 2.48. The third-order valence-electron chi connectivity index (χ3n) is 3.89. The quantitative estimate of drug-likeness (QED) is 0.695. The van der Waals surface area contributed by atoms with Gasteiger partial charge < -0.3 is 15.2 Å². The van der Waals surface area contributed by atoms with E-state index in [-0.39, 0.29) is 23.7 Å². The predicted molar refractivity (Wildman–Crippen MR) is 81.3 cm³/mol. The van der Waals surface area contributed by atoms with Crippen molar-refractivity contribution in [3.05, 3.63) is 29.3 Å². The highest BCUT2D eigenvalue weighted by atomic mass is 16.5. The smallest absolute Gasteiger partial charge is 0.236 e. The first kappa shape index (κ1) is 15.8. The number of fused-ring (bicyclic) bond motifs is 1. The van der Waals surface area contributed by atoms with Crippen molar-refractivity contribution in [1.82, 2.24) is 10.6 Å². The van der Waals surface area contributed by atoms with E-state index >= 15 is 0 Å². The Bertz CT molecular complexity index is 490. The van der Waals surface area contributed by atoms with Crippen LogP contribution in [-0.2, 0) is 16.0 Å². The van der Waals surface area contributed by atoms with Gasteiger partial charge in [-0.3, -0.25) is 10.1 Å². The lowest BCUT2D eigenvalue weighted by molar-refractivity contribution is -0.123. The van der Waals surface area contributed by atoms with Crippen molar-refractivity contribution in [1.29, 1.82) is 0 Å². The molecule has 21 heavy (non-hydrogen) atoms. The molecule has 1 aliphatic carbocycles. The Morgan fingerprint density at radius 1 is 1.52 bits per heavy atom. The molecule has 2 unspecified atom stereocenters. The second kappa shape index (κ2) is 7.43. The number of phenolic OH excluding ortho intramolecular Hbond substituents is 1. The molecule has 0 saturated carbocycles. The highest BCUT2D eigenvalue weighted by Crippen LogP contribution is 2.32. The molecule has 0 saturated heterocycles. The normalized spacial score (nSPS) is 18.9. The molecule has 5 nitrogen and oxygen atoms in total. The fourth-order valence-electron chi connectivity index (χ4n) is 2.77. The second-order valence-corrected chi connectivity index (χ2v) is 5.50. The topological polar surface area (TPSA) is 70.6 Å². The SMILES string of the molecule is COCCNC(=O)C(C)NC1CCCc2ccc(O)cc21. The Morgan fingerprint density at radius 3 is 3.10 bits per heavy atom. The molecule has 0 aliphatic heterocycles. The second-order valence-electron chi connectivity index (χ2n) is 5.50. The van der Waals surface area contributed by atoms with E-state index in [4.69, 9.17) is 4.74 Å². The van der Waals surface area contributed by atoms with Crippen LogP contribution >= 0.6 is 0 Å². The van der Waals surface area contributed by atoms with E-state index in [2.05, 4.69) is 10.6 Å². The van der Waals surface area contributed by atoms with Crippen LogP contribution in [-0.4, -0.2) is 37.3 Å². The van der Waals surface area contributed by atoms with Gasteiger partial charge in [-0.1, -0.05) is 6.07 Å². The molecule has 5 heteroatoms. The van der Waals surface area contributed by atoms with Crippen molar-refractivity contribution in [2.75, 3.05) is 20.3 Å². The lowest BCUT2D eigenvalue weighted by Gasteiger charge is -2.29. The molecule has 1 aromatic rings. The van der Waals surface area contributed by atoms with Crippen LogP contribution < -0.4 is 10.6 Å². The number of ether oxygens (including phenoxy) is 1. The molecule has 116 valence electrons. The first-order valence-electron chi connectivity index (χ1n) is 7.46. The predicted octanol–water partition coefficient (Wildman–Crippen LogP) is 1.51. The van der Waals surface area contributed by atoms with E-state index in [1.165, 1.54) is 5.56 Å². The number of hydrogen-bond acceptors (Lipinski definition) is 4. The maximum Gasteiger partial charge on any atom is 0.236 e. The van der Waals surface area contributed by atoms with Gasteiger partial charge in [0.1, 0.15) is 5.75 Å². The van der Waals surface area contributed by atoms with E-state index < -0.39 is 0 Å². The summed E-state index contributed by atoms with van der Waals surface area (Å²) in [6, 6.07) is 5.34. The number of nitrogens with one attached hydrogen (secondary N) is 2. The molecule has 0 fully saturated rings. The van der Waals surface area contributed by atoms with Crippen LogP contribution in [0, 0.1) is 0 Å². The highest BCUT2D eigenvalue weighted by molar-refractivity contribution is 5.81. The summed E-state index contributed by atoms with van der Waals surface area (Å²) in [6.07, 6.45) is 3.10. The van der Waals surface area contributed by atoms with Gasteiger partial charge in [0.2, 0.25) is 5.91 Å². The minimum Gasteiger partial charge on any atom is -0.508 e. The number of benzene rings is 1. The lowest BCUT2D eigenvalue weighted by Crippen LogP contribution is -2.45. The standard InChI is InChI=1S/C16H24N2O3/c1-11(16(20)17-8-9-21-2)18-15-5-3-4-12-6-7-13(19)10-14(12)15/h6-7,10-11,15,18-19H,3-5,8-9H2,1-2H3,(H,17,20). The molecular formula is C16H24N2O3. The van der Waals surface area contributed by atoms with Gasteiger partial charge in [0.15, 0.2) is 0 Å². The third kappa shape index (κ3) is 4.19. The molecule has 2 atom stereocenters. The number of rotatable bonds is 6. The summed E-state index contributed by atoms with van der Waals surface area (Å²) < 4.78 is 4.92. The summed E-state index contributed by atoms with van der Waals surface area (Å²) in [6.45, 7) is 2.89. The summed E-state index contributed by atoms with van der Waals surface area (Å²) in [5.41, 5.74) is 2.36. The molecular weight excluding hydrogens is 268 g/mol. The minimum atomic E-state index is -0.278. The van der Waals surface area contributed by atoms with Gasteiger partial charge in [-0.05, 0) is 49.4 Å². The summed E-state index contributed by atoms with van der Waals surface area (Å²) in [7, 11) is 1.61. The van der Waals surface area contributed by atoms with Crippen LogP contribution in [0.1, 0.15) is 36.9 Å². The summed E-state index contributed by atoms with van der Waals surface area (Å²) >= 11 is 0. The molecule has 1 amide bonds. The van der Waals surface area contributed by atoms with E-state index in [9.17, 15) is 9.90 Å². The molecule has 2 rings (SSSR count). The third-order valence-corrected chi connectivity index (χ3v) is 3.89. The van der Waals surface area contributed by atoms with E-state index in [1.54, 1.807) is 13.2 Å². The van der Waals surface area contributed by atoms with Crippen molar-refractivity contribution in [3.63, 3.8) is 0 Å². The Balaban J connectivity index is 1.97. The molecule has 1 aliphatic rings. The van der Waals surface area contributed by atoms with Gasteiger partial charge in [0.05, 0.1) is 12.6 Å². The maximum atomic E-state index is 12.0. The van der Waals surface area contributed by atoms with Gasteiger partial charge in [0, 0.05) is 19.7 Å². The monoisotopic (exact) mass is 292 g/mol. The molecule has 0 heterocycles. The molecule has 0 spiro atoms. The Kier molecular flexibility index (Phi) is 5.59. The van der Waals surface area contributed by atoms with Crippen molar-refractivity contribution in [2.24, 2.45) is 0 Å². The van der Waals surface area contributed by atoms with E-state index in [0.29, 0.717) is 13.2 Å². The zero-order chi connectivity index (χ0) is 15.2. The van der Waals surface area contributed by atoms with Crippen LogP contribution in [0.25, 0.3) is 0 Å². The number of hydrogen-bond donors (Lipinski definition) is 3. The van der Waals surface area contributed by atoms with Crippen molar-refractivity contribution in [3.8, 4) is 5.75 Å². The highest BCUT2D eigenvalue weighted by Gasteiger charge is 2.24. The van der Waals surface area contributed by atoms with Crippen LogP contribution in [0.3, 0.4) is 0 Å². The Hall–Kier alpha value is -1.59. The fraction of sp³-hybridized carbons (Fsp3) is 0.562. The molecule has 1 aromatic carbocycles. The van der Waals surface area contributed by atoms with Crippen molar-refractivity contribution in [2.45, 2.75) is 38.3 Å². The first-order valence-corrected chi connectivity index (χ1v) is 7.46. The van der Waals surface area contributed by atoms with E-state index in [1.807, 2.05) is 19.1 Å². The molecule has 0 radical (unpaired) electrons. The number of amides is 1. The Morgan fingerprint density at radius 2 is 2.33 bits per heavy atom. The summed E-state index contributed by atoms with van der Waals surface area (Å²) in [5, 5.41) is 15.9. The number of carbonyl (C=O) groups is 1. The Labute approximate surface area is 125 Å². The van der Waals surface area contributed by atoms with Gasteiger partial charge >= 0.3 is 0 Å². The summed E-state index contributed by atoms with van der Waals surface area (Å²) in [4.78, 5) is 12.0. The van der Waals surface area contributed by atoms with Crippen LogP contribution in [0.15, 0.2) is 18.2 Å². The molecule has 0 aromatic heterocycles.